The van der Waals surface area contributed by atoms with Crippen LogP contribution >= 0.6 is 11.8 Å². The number of aliphatic carboxylic acids is 1. The number of carbonyl (C=O) groups excluding carboxylic acids is 1. The number of hydrogen-bond donors (Lipinski definition) is 3. The molecule has 0 spiro atoms. The summed E-state index contributed by atoms with van der Waals surface area (Å²) < 4.78 is 0. The minimum Gasteiger partial charge on any atom is -0.481 e. The second kappa shape index (κ2) is 7.51. The Kier molecular flexibility index (Phi) is 6.32. The molecule has 2 amide bonds. The van der Waals surface area contributed by atoms with Crippen molar-refractivity contribution in [2.45, 2.75) is 43.9 Å². The van der Waals surface area contributed by atoms with Gasteiger partial charge in [0.15, 0.2) is 0 Å². The van der Waals surface area contributed by atoms with Gasteiger partial charge in [-0.25, -0.2) is 4.79 Å². The number of rotatable bonds is 6. The molecule has 1 fully saturated rings. The van der Waals surface area contributed by atoms with E-state index in [1.807, 2.05) is 0 Å². The van der Waals surface area contributed by atoms with Gasteiger partial charge in [0.25, 0.3) is 0 Å². The first-order valence-corrected chi connectivity index (χ1v) is 7.61. The average molecular weight is 274 g/mol. The fourth-order valence-electron chi connectivity index (χ4n) is 2.08. The van der Waals surface area contributed by atoms with Gasteiger partial charge in [-0.05, 0) is 31.9 Å². The van der Waals surface area contributed by atoms with Crippen molar-refractivity contribution in [3.05, 3.63) is 0 Å². The van der Waals surface area contributed by atoms with Crippen LogP contribution in [0.25, 0.3) is 0 Å². The number of carbonyl (C=O) groups is 2. The second-order valence-electron chi connectivity index (χ2n) is 4.78. The third-order valence-corrected chi connectivity index (χ3v) is 4.40. The molecule has 0 aromatic heterocycles. The molecule has 0 radical (unpaired) electrons. The molecule has 1 aliphatic rings. The highest BCUT2D eigenvalue weighted by molar-refractivity contribution is 7.99. The van der Waals surface area contributed by atoms with E-state index in [2.05, 4.69) is 23.8 Å². The van der Waals surface area contributed by atoms with E-state index < -0.39 is 5.97 Å². The Morgan fingerprint density at radius 2 is 2.17 bits per heavy atom. The van der Waals surface area contributed by atoms with Crippen LogP contribution in [-0.2, 0) is 4.79 Å². The van der Waals surface area contributed by atoms with Gasteiger partial charge in [0.2, 0.25) is 0 Å². The van der Waals surface area contributed by atoms with Crippen molar-refractivity contribution in [2.75, 3.05) is 12.8 Å². The van der Waals surface area contributed by atoms with Gasteiger partial charge in [0.05, 0.1) is 5.92 Å². The molecule has 0 heterocycles. The number of urea groups is 1. The summed E-state index contributed by atoms with van der Waals surface area (Å²) in [6, 6.07) is -0.177. The van der Waals surface area contributed by atoms with Gasteiger partial charge in [-0.3, -0.25) is 4.79 Å². The molecule has 0 saturated heterocycles. The summed E-state index contributed by atoms with van der Waals surface area (Å²) in [6.45, 7) is 2.78. The SMILES string of the molecule is CSC(C)CCNC(=O)N[C@H]1CC[C@@H](C(=O)O)C1. The molecule has 0 aliphatic heterocycles. The van der Waals surface area contributed by atoms with E-state index in [1.54, 1.807) is 11.8 Å². The van der Waals surface area contributed by atoms with E-state index in [4.69, 9.17) is 5.11 Å². The molecule has 3 atom stereocenters. The first kappa shape index (κ1) is 15.1. The lowest BCUT2D eigenvalue weighted by Gasteiger charge is -2.14. The second-order valence-corrected chi connectivity index (χ2v) is 6.06. The summed E-state index contributed by atoms with van der Waals surface area (Å²) in [5.74, 6) is -1.06. The highest BCUT2D eigenvalue weighted by atomic mass is 32.2. The minimum absolute atomic E-state index is 0.00377. The Morgan fingerprint density at radius 3 is 2.72 bits per heavy atom. The minimum atomic E-state index is -0.756. The quantitative estimate of drug-likeness (QED) is 0.688. The molecular weight excluding hydrogens is 252 g/mol. The zero-order valence-electron chi connectivity index (χ0n) is 10.9. The predicted molar refractivity (Wildman–Crippen MR) is 72.9 cm³/mol. The Labute approximate surface area is 112 Å². The van der Waals surface area contributed by atoms with Gasteiger partial charge in [-0.2, -0.15) is 11.8 Å². The third-order valence-electron chi connectivity index (χ3n) is 3.36. The van der Waals surface area contributed by atoms with Crippen LogP contribution in [0.3, 0.4) is 0 Å². The lowest BCUT2D eigenvalue weighted by atomic mass is 10.1. The summed E-state index contributed by atoms with van der Waals surface area (Å²) in [4.78, 5) is 22.4. The Balaban J connectivity index is 2.15. The summed E-state index contributed by atoms with van der Waals surface area (Å²) in [7, 11) is 0. The molecule has 6 heteroatoms. The highest BCUT2D eigenvalue weighted by Gasteiger charge is 2.30. The molecule has 0 aromatic rings. The van der Waals surface area contributed by atoms with E-state index in [9.17, 15) is 9.59 Å². The molecule has 1 unspecified atom stereocenters. The van der Waals surface area contributed by atoms with Crippen molar-refractivity contribution in [3.8, 4) is 0 Å². The van der Waals surface area contributed by atoms with Gasteiger partial charge in [-0.15, -0.1) is 0 Å². The smallest absolute Gasteiger partial charge is 0.315 e. The number of thioether (sulfide) groups is 1. The lowest BCUT2D eigenvalue weighted by molar-refractivity contribution is -0.141. The van der Waals surface area contributed by atoms with Crippen molar-refractivity contribution >= 4 is 23.8 Å². The Morgan fingerprint density at radius 1 is 1.44 bits per heavy atom. The van der Waals surface area contributed by atoms with Gasteiger partial charge >= 0.3 is 12.0 Å². The van der Waals surface area contributed by atoms with Crippen molar-refractivity contribution in [3.63, 3.8) is 0 Å². The van der Waals surface area contributed by atoms with E-state index in [0.717, 1.165) is 12.8 Å². The van der Waals surface area contributed by atoms with Crippen molar-refractivity contribution in [1.82, 2.24) is 10.6 Å². The maximum atomic E-state index is 11.6. The van der Waals surface area contributed by atoms with Crippen molar-refractivity contribution in [1.29, 1.82) is 0 Å². The molecular formula is C12H22N2O3S. The number of amides is 2. The molecule has 104 valence electrons. The summed E-state index contributed by atoms with van der Waals surface area (Å²) in [5.41, 5.74) is 0. The van der Waals surface area contributed by atoms with Gasteiger partial charge in [-0.1, -0.05) is 6.92 Å². The van der Waals surface area contributed by atoms with Crippen LogP contribution < -0.4 is 10.6 Å². The fourth-order valence-corrected chi connectivity index (χ4v) is 2.43. The molecule has 1 rings (SSSR count). The maximum Gasteiger partial charge on any atom is 0.315 e. The zero-order valence-corrected chi connectivity index (χ0v) is 11.8. The largest absolute Gasteiger partial charge is 0.481 e. The highest BCUT2D eigenvalue weighted by Crippen LogP contribution is 2.25. The zero-order chi connectivity index (χ0) is 13.5. The molecule has 1 aliphatic carbocycles. The summed E-state index contributed by atoms with van der Waals surface area (Å²) in [5, 5.41) is 15.0. The number of hydrogen-bond acceptors (Lipinski definition) is 3. The standard InChI is InChI=1S/C12H22N2O3S/c1-8(18-2)5-6-13-12(17)14-10-4-3-9(7-10)11(15)16/h8-10H,3-7H2,1-2H3,(H,15,16)(H2,13,14,17)/t8?,9-,10+/m1/s1. The van der Waals surface area contributed by atoms with Crippen LogP contribution in [0.4, 0.5) is 4.79 Å². The predicted octanol–water partition coefficient (Wildman–Crippen LogP) is 1.68. The normalized spacial score (nSPS) is 24.6. The number of carboxylic acid groups (broad SMARTS) is 1. The molecule has 3 N–H and O–H groups in total. The van der Waals surface area contributed by atoms with Crippen molar-refractivity contribution in [2.24, 2.45) is 5.92 Å². The molecule has 0 bridgehead atoms. The van der Waals surface area contributed by atoms with Crippen LogP contribution in [-0.4, -0.2) is 41.2 Å². The summed E-state index contributed by atoms with van der Waals surface area (Å²) >= 11 is 1.78. The van der Waals surface area contributed by atoms with Gasteiger partial charge < -0.3 is 15.7 Å². The Hall–Kier alpha value is -0.910. The average Bonchev–Trinajstić information content (AvgIpc) is 2.77. The van der Waals surface area contributed by atoms with E-state index in [-0.39, 0.29) is 18.0 Å². The third kappa shape index (κ3) is 5.16. The van der Waals surface area contributed by atoms with Crippen molar-refractivity contribution < 1.29 is 14.7 Å². The lowest BCUT2D eigenvalue weighted by Crippen LogP contribution is -2.41. The van der Waals surface area contributed by atoms with E-state index in [0.29, 0.717) is 24.6 Å². The summed E-state index contributed by atoms with van der Waals surface area (Å²) in [6.07, 6.45) is 4.95. The van der Waals surface area contributed by atoms with Crippen LogP contribution in [0.1, 0.15) is 32.6 Å². The maximum absolute atomic E-state index is 11.6. The van der Waals surface area contributed by atoms with E-state index in [1.165, 1.54) is 0 Å². The van der Waals surface area contributed by atoms with E-state index >= 15 is 0 Å². The van der Waals surface area contributed by atoms with Crippen LogP contribution in [0.5, 0.6) is 0 Å². The van der Waals surface area contributed by atoms with Gasteiger partial charge in [0, 0.05) is 17.8 Å². The molecule has 1 saturated carbocycles. The first-order valence-electron chi connectivity index (χ1n) is 6.33. The molecule has 0 aromatic carbocycles. The Bertz CT molecular complexity index is 299. The van der Waals surface area contributed by atoms with Gasteiger partial charge in [0.1, 0.15) is 0 Å². The molecule has 5 nitrogen and oxygen atoms in total. The first-order chi connectivity index (χ1) is 8.52. The van der Waals surface area contributed by atoms with Crippen LogP contribution in [0.15, 0.2) is 0 Å². The number of carboxylic acids is 1. The number of nitrogens with one attached hydrogen (secondary N) is 2. The van der Waals surface area contributed by atoms with Crippen LogP contribution in [0.2, 0.25) is 0 Å². The molecule has 18 heavy (non-hydrogen) atoms. The fraction of sp³-hybridized carbons (Fsp3) is 0.833. The monoisotopic (exact) mass is 274 g/mol. The topological polar surface area (TPSA) is 78.4 Å². The van der Waals surface area contributed by atoms with Crippen LogP contribution in [0, 0.1) is 5.92 Å².